The van der Waals surface area contributed by atoms with Gasteiger partial charge in [-0.25, -0.2) is 9.78 Å². The van der Waals surface area contributed by atoms with Gasteiger partial charge in [-0.2, -0.15) is 0 Å². The van der Waals surface area contributed by atoms with Crippen molar-refractivity contribution >= 4 is 22.8 Å². The lowest BCUT2D eigenvalue weighted by atomic mass is 9.92. The minimum absolute atomic E-state index is 0.0932. The van der Waals surface area contributed by atoms with Gasteiger partial charge in [-0.1, -0.05) is 0 Å². The van der Waals surface area contributed by atoms with Gasteiger partial charge < -0.3 is 19.7 Å². The number of carbonyl (C=O) groups excluding carboxylic acids is 1. The Morgan fingerprint density at radius 1 is 1.33 bits per heavy atom. The zero-order chi connectivity index (χ0) is 16.7. The second-order valence-corrected chi connectivity index (χ2v) is 7.00. The number of aliphatic hydroxyl groups is 1. The number of benzene rings is 1. The Bertz CT molecular complexity index is 743. The molecule has 2 N–H and O–H groups in total. The van der Waals surface area contributed by atoms with Crippen LogP contribution in [-0.4, -0.2) is 40.2 Å². The normalized spacial score (nSPS) is 20.3. The Labute approximate surface area is 140 Å². The van der Waals surface area contributed by atoms with Crippen molar-refractivity contribution in [2.75, 3.05) is 18.4 Å². The summed E-state index contributed by atoms with van der Waals surface area (Å²) in [5.74, 6) is 1.58. The van der Waals surface area contributed by atoms with E-state index in [0.717, 1.165) is 48.4 Å². The average Bonchev–Trinajstić information content (AvgIpc) is 3.34. The lowest BCUT2D eigenvalue weighted by Crippen LogP contribution is -2.42. The number of piperidine rings is 1. The van der Waals surface area contributed by atoms with Crippen LogP contribution in [-0.2, 0) is 0 Å². The lowest BCUT2D eigenvalue weighted by molar-refractivity contribution is 0.0820. The Hall–Kier alpha value is -2.08. The number of rotatable bonds is 3. The standard InChI is InChI=1S/C18H23N3O3/c1-11(22)12-6-8-21(9-7-12)18(23)19-14-4-5-16-15(10-14)20-17(24-16)13-2-3-13/h4-5,10-13,22H,2-3,6-9H2,1H3,(H,19,23). The van der Waals surface area contributed by atoms with Crippen LogP contribution in [0.2, 0.25) is 0 Å². The zero-order valence-electron chi connectivity index (χ0n) is 13.9. The van der Waals surface area contributed by atoms with Gasteiger partial charge in [-0.15, -0.1) is 0 Å². The maximum absolute atomic E-state index is 12.4. The van der Waals surface area contributed by atoms with Gasteiger partial charge in [0.25, 0.3) is 0 Å². The van der Waals surface area contributed by atoms with Gasteiger partial charge in [0.15, 0.2) is 11.5 Å². The maximum atomic E-state index is 12.4. The minimum atomic E-state index is -0.301. The molecule has 2 fully saturated rings. The fourth-order valence-corrected chi connectivity index (χ4v) is 3.32. The van der Waals surface area contributed by atoms with Crippen molar-refractivity contribution < 1.29 is 14.3 Å². The van der Waals surface area contributed by atoms with E-state index < -0.39 is 0 Å². The van der Waals surface area contributed by atoms with Crippen LogP contribution in [0.5, 0.6) is 0 Å². The van der Waals surface area contributed by atoms with Crippen LogP contribution in [0.4, 0.5) is 10.5 Å². The summed E-state index contributed by atoms with van der Waals surface area (Å²) < 4.78 is 5.74. The first kappa shape index (κ1) is 15.4. The first-order valence-electron chi connectivity index (χ1n) is 8.74. The molecule has 1 atom stereocenters. The zero-order valence-corrected chi connectivity index (χ0v) is 13.9. The number of hydrogen-bond donors (Lipinski definition) is 2. The summed E-state index contributed by atoms with van der Waals surface area (Å²) in [5.41, 5.74) is 2.30. The van der Waals surface area contributed by atoms with E-state index in [2.05, 4.69) is 10.3 Å². The van der Waals surface area contributed by atoms with Gasteiger partial charge in [0.1, 0.15) is 5.52 Å². The first-order valence-corrected chi connectivity index (χ1v) is 8.74. The van der Waals surface area contributed by atoms with Crippen LogP contribution in [0.15, 0.2) is 22.6 Å². The number of aliphatic hydroxyl groups excluding tert-OH is 1. The predicted molar refractivity (Wildman–Crippen MR) is 91.0 cm³/mol. The highest BCUT2D eigenvalue weighted by Crippen LogP contribution is 2.40. The number of anilines is 1. The van der Waals surface area contributed by atoms with Crippen LogP contribution < -0.4 is 5.32 Å². The quantitative estimate of drug-likeness (QED) is 0.905. The van der Waals surface area contributed by atoms with Gasteiger partial charge in [0.05, 0.1) is 6.10 Å². The van der Waals surface area contributed by atoms with E-state index in [1.54, 1.807) is 0 Å². The number of nitrogens with zero attached hydrogens (tertiary/aromatic N) is 2. The third kappa shape index (κ3) is 3.11. The van der Waals surface area contributed by atoms with Crippen molar-refractivity contribution in [2.24, 2.45) is 5.92 Å². The fourth-order valence-electron chi connectivity index (χ4n) is 3.32. The van der Waals surface area contributed by atoms with Crippen LogP contribution in [0.1, 0.15) is 44.4 Å². The van der Waals surface area contributed by atoms with Gasteiger partial charge in [-0.3, -0.25) is 0 Å². The minimum Gasteiger partial charge on any atom is -0.440 e. The predicted octanol–water partition coefficient (Wildman–Crippen LogP) is 3.33. The summed E-state index contributed by atoms with van der Waals surface area (Å²) in [6, 6.07) is 5.49. The highest BCUT2D eigenvalue weighted by atomic mass is 16.3. The van der Waals surface area contributed by atoms with Crippen molar-refractivity contribution in [1.82, 2.24) is 9.88 Å². The van der Waals surface area contributed by atoms with Crippen LogP contribution in [0, 0.1) is 5.92 Å². The molecule has 1 aromatic heterocycles. The van der Waals surface area contributed by atoms with Crippen molar-refractivity contribution in [3.05, 3.63) is 24.1 Å². The Morgan fingerprint density at radius 2 is 2.08 bits per heavy atom. The molecule has 1 aromatic carbocycles. The molecule has 1 unspecified atom stereocenters. The van der Waals surface area contributed by atoms with Crippen molar-refractivity contribution in [3.63, 3.8) is 0 Å². The van der Waals surface area contributed by atoms with Crippen LogP contribution >= 0.6 is 0 Å². The summed E-state index contributed by atoms with van der Waals surface area (Å²) in [4.78, 5) is 18.7. The van der Waals surface area contributed by atoms with E-state index in [9.17, 15) is 9.90 Å². The largest absolute Gasteiger partial charge is 0.440 e. The van der Waals surface area contributed by atoms with Crippen molar-refractivity contribution in [1.29, 1.82) is 0 Å². The second-order valence-electron chi connectivity index (χ2n) is 7.00. The first-order chi connectivity index (χ1) is 11.6. The smallest absolute Gasteiger partial charge is 0.321 e. The highest BCUT2D eigenvalue weighted by molar-refractivity contribution is 5.91. The molecular weight excluding hydrogens is 306 g/mol. The number of urea groups is 1. The molecule has 0 radical (unpaired) electrons. The third-order valence-electron chi connectivity index (χ3n) is 5.09. The number of amides is 2. The molecule has 1 aliphatic carbocycles. The van der Waals surface area contributed by atoms with E-state index >= 15 is 0 Å². The number of oxazole rings is 1. The number of carbonyl (C=O) groups is 1. The molecule has 0 bridgehead atoms. The highest BCUT2D eigenvalue weighted by Gasteiger charge is 2.29. The van der Waals surface area contributed by atoms with Crippen LogP contribution in [0.25, 0.3) is 11.1 Å². The van der Waals surface area contributed by atoms with Crippen LogP contribution in [0.3, 0.4) is 0 Å². The molecule has 24 heavy (non-hydrogen) atoms. The molecular formula is C18H23N3O3. The molecule has 1 saturated carbocycles. The number of hydrogen-bond acceptors (Lipinski definition) is 4. The second kappa shape index (κ2) is 6.09. The molecule has 2 heterocycles. The number of likely N-dealkylation sites (tertiary alicyclic amines) is 1. The summed E-state index contributed by atoms with van der Waals surface area (Å²) in [6.45, 7) is 3.18. The van der Waals surface area contributed by atoms with E-state index in [0.29, 0.717) is 24.9 Å². The third-order valence-corrected chi connectivity index (χ3v) is 5.09. The molecule has 2 aromatic rings. The maximum Gasteiger partial charge on any atom is 0.321 e. The molecule has 128 valence electrons. The van der Waals surface area contributed by atoms with Crippen molar-refractivity contribution in [3.8, 4) is 0 Å². The summed E-state index contributed by atoms with van der Waals surface area (Å²) in [7, 11) is 0. The van der Waals surface area contributed by atoms with E-state index in [1.165, 1.54) is 0 Å². The summed E-state index contributed by atoms with van der Waals surface area (Å²) >= 11 is 0. The van der Waals surface area contributed by atoms with Gasteiger partial charge >= 0.3 is 6.03 Å². The topological polar surface area (TPSA) is 78.6 Å². The molecule has 1 saturated heterocycles. The van der Waals surface area contributed by atoms with Gasteiger partial charge in [-0.05, 0) is 56.7 Å². The molecule has 4 rings (SSSR count). The monoisotopic (exact) mass is 329 g/mol. The average molecular weight is 329 g/mol. The van der Waals surface area contributed by atoms with E-state index in [4.69, 9.17) is 4.42 Å². The van der Waals surface area contributed by atoms with Crippen molar-refractivity contribution in [2.45, 2.75) is 44.6 Å². The summed E-state index contributed by atoms with van der Waals surface area (Å²) in [6.07, 6.45) is 3.69. The Morgan fingerprint density at radius 3 is 2.75 bits per heavy atom. The molecule has 2 aliphatic rings. The van der Waals surface area contributed by atoms with E-state index in [1.807, 2.05) is 30.0 Å². The van der Waals surface area contributed by atoms with Gasteiger partial charge in [0, 0.05) is 24.7 Å². The van der Waals surface area contributed by atoms with Gasteiger partial charge in [0.2, 0.25) is 0 Å². The Balaban J connectivity index is 1.41. The summed E-state index contributed by atoms with van der Waals surface area (Å²) in [5, 5.41) is 12.6. The number of fused-ring (bicyclic) bond motifs is 1. The molecule has 1 aliphatic heterocycles. The molecule has 2 amide bonds. The van der Waals surface area contributed by atoms with E-state index in [-0.39, 0.29) is 12.1 Å². The fraction of sp³-hybridized carbons (Fsp3) is 0.556. The number of nitrogens with one attached hydrogen (secondary N) is 1. The lowest BCUT2D eigenvalue weighted by Gasteiger charge is -2.33. The molecule has 6 heteroatoms. The SMILES string of the molecule is CC(O)C1CCN(C(=O)Nc2ccc3oc(C4CC4)nc3c2)CC1. The molecule has 6 nitrogen and oxygen atoms in total. The Kier molecular flexibility index (Phi) is 3.92. The number of aromatic nitrogens is 1. The molecule has 0 spiro atoms.